The largest absolute Gasteiger partial charge is 0.276 e. The van der Waals surface area contributed by atoms with E-state index in [-0.39, 0.29) is 0 Å². The molecule has 4 aromatic rings. The minimum Gasteiger partial charge on any atom is -0.276 e. The standard InChI is InChI=1S/C26H22N4/c1-5-13-22(14-6-1)21-27-30(25-19-11-4-12-20-25)26(23-15-7-2-8-16-23)29-28-24-17-9-3-10-18-24/h1-21,28H/b27-21-,29-26+. The number of rotatable bonds is 6. The van der Waals surface area contributed by atoms with Gasteiger partial charge in [-0.3, -0.25) is 5.43 Å². The number of nitrogens with zero attached hydrogens (tertiary/aromatic N) is 3. The number of hydrazone groups is 2. The van der Waals surface area contributed by atoms with Gasteiger partial charge in [-0.2, -0.15) is 10.2 Å². The fourth-order valence-corrected chi connectivity index (χ4v) is 2.93. The van der Waals surface area contributed by atoms with Crippen molar-refractivity contribution in [3.63, 3.8) is 0 Å². The van der Waals surface area contributed by atoms with Crippen LogP contribution in [0.25, 0.3) is 0 Å². The minimum absolute atomic E-state index is 0.692. The maximum absolute atomic E-state index is 4.79. The van der Waals surface area contributed by atoms with Gasteiger partial charge in [0.25, 0.3) is 0 Å². The van der Waals surface area contributed by atoms with E-state index in [2.05, 4.69) is 5.43 Å². The van der Waals surface area contributed by atoms with Crippen molar-refractivity contribution in [3.8, 4) is 0 Å². The van der Waals surface area contributed by atoms with Gasteiger partial charge in [-0.15, -0.1) is 0 Å². The molecule has 4 aromatic carbocycles. The molecule has 0 saturated heterocycles. The molecule has 0 fully saturated rings. The predicted molar refractivity (Wildman–Crippen MR) is 126 cm³/mol. The molecule has 0 aliphatic carbocycles. The highest BCUT2D eigenvalue weighted by molar-refractivity contribution is 6.10. The van der Waals surface area contributed by atoms with Crippen LogP contribution in [0.4, 0.5) is 11.4 Å². The first-order valence-electron chi connectivity index (χ1n) is 9.78. The van der Waals surface area contributed by atoms with Crippen molar-refractivity contribution in [2.24, 2.45) is 10.2 Å². The lowest BCUT2D eigenvalue weighted by Gasteiger charge is -2.21. The van der Waals surface area contributed by atoms with Crippen LogP contribution in [-0.4, -0.2) is 12.1 Å². The summed E-state index contributed by atoms with van der Waals surface area (Å²) >= 11 is 0. The molecule has 1 N–H and O–H groups in total. The van der Waals surface area contributed by atoms with E-state index in [1.165, 1.54) is 0 Å². The molecule has 0 saturated carbocycles. The van der Waals surface area contributed by atoms with Crippen LogP contribution in [0, 0.1) is 0 Å². The van der Waals surface area contributed by atoms with Gasteiger partial charge in [-0.25, -0.2) is 5.01 Å². The van der Waals surface area contributed by atoms with Crippen LogP contribution in [0.5, 0.6) is 0 Å². The van der Waals surface area contributed by atoms with E-state index >= 15 is 0 Å². The van der Waals surface area contributed by atoms with Crippen LogP contribution in [-0.2, 0) is 0 Å². The molecule has 0 aliphatic heterocycles. The number of amidine groups is 1. The van der Waals surface area contributed by atoms with Crippen LogP contribution in [0.3, 0.4) is 0 Å². The first kappa shape index (κ1) is 19.2. The van der Waals surface area contributed by atoms with Gasteiger partial charge in [-0.1, -0.05) is 97.1 Å². The number of hydrogen-bond acceptors (Lipinski definition) is 3. The predicted octanol–water partition coefficient (Wildman–Crippen LogP) is 6.00. The van der Waals surface area contributed by atoms with E-state index in [1.54, 1.807) is 0 Å². The van der Waals surface area contributed by atoms with Gasteiger partial charge in [-0.05, 0) is 29.8 Å². The number of nitrogens with one attached hydrogen (secondary N) is 1. The minimum atomic E-state index is 0.692. The van der Waals surface area contributed by atoms with Crippen molar-refractivity contribution in [1.29, 1.82) is 0 Å². The van der Waals surface area contributed by atoms with Gasteiger partial charge in [0.1, 0.15) is 0 Å². The van der Waals surface area contributed by atoms with E-state index < -0.39 is 0 Å². The Bertz CT molecular complexity index is 1090. The van der Waals surface area contributed by atoms with E-state index in [1.807, 2.05) is 133 Å². The average molecular weight is 390 g/mol. The summed E-state index contributed by atoms with van der Waals surface area (Å²) in [6.07, 6.45) is 1.84. The van der Waals surface area contributed by atoms with Crippen LogP contribution in [0.1, 0.15) is 11.1 Å². The summed E-state index contributed by atoms with van der Waals surface area (Å²) in [6, 6.07) is 40.0. The summed E-state index contributed by atoms with van der Waals surface area (Å²) in [5.74, 6) is 0.692. The van der Waals surface area contributed by atoms with Gasteiger partial charge in [0.2, 0.25) is 0 Å². The zero-order valence-electron chi connectivity index (χ0n) is 16.5. The Morgan fingerprint density at radius 1 is 0.633 bits per heavy atom. The SMILES string of the molecule is C(=N/N(/C(=N/Nc1ccccc1)c1ccccc1)c1ccccc1)/c1ccccc1. The Morgan fingerprint density at radius 3 is 1.80 bits per heavy atom. The zero-order valence-corrected chi connectivity index (χ0v) is 16.5. The molecular weight excluding hydrogens is 368 g/mol. The van der Waals surface area contributed by atoms with Crippen LogP contribution in [0.15, 0.2) is 132 Å². The molecule has 0 bridgehead atoms. The molecule has 30 heavy (non-hydrogen) atoms. The molecule has 0 aliphatic rings. The van der Waals surface area contributed by atoms with Gasteiger partial charge in [0, 0.05) is 5.56 Å². The van der Waals surface area contributed by atoms with Gasteiger partial charge in [0.05, 0.1) is 17.6 Å². The first-order valence-corrected chi connectivity index (χ1v) is 9.78. The molecule has 0 unspecified atom stereocenters. The fraction of sp³-hybridized carbons (Fsp3) is 0. The molecule has 0 aromatic heterocycles. The number of benzene rings is 4. The Labute approximate surface area is 176 Å². The maximum Gasteiger partial charge on any atom is 0.181 e. The molecule has 0 amide bonds. The van der Waals surface area contributed by atoms with Crippen molar-refractivity contribution in [1.82, 2.24) is 0 Å². The summed E-state index contributed by atoms with van der Waals surface area (Å²) in [4.78, 5) is 0. The summed E-state index contributed by atoms with van der Waals surface area (Å²) in [5, 5.41) is 11.4. The molecule has 146 valence electrons. The molecule has 0 spiro atoms. The normalized spacial score (nSPS) is 11.4. The Hall–Kier alpha value is -4.18. The number of para-hydroxylation sites is 2. The van der Waals surface area contributed by atoms with Gasteiger partial charge < -0.3 is 0 Å². The number of anilines is 2. The monoisotopic (exact) mass is 390 g/mol. The second-order valence-electron chi connectivity index (χ2n) is 6.58. The second-order valence-corrected chi connectivity index (χ2v) is 6.58. The highest BCUT2D eigenvalue weighted by Gasteiger charge is 2.15. The quantitative estimate of drug-likeness (QED) is 0.249. The number of hydrogen-bond donors (Lipinski definition) is 1. The highest BCUT2D eigenvalue weighted by Crippen LogP contribution is 2.19. The molecule has 4 nitrogen and oxygen atoms in total. The molecule has 4 heteroatoms. The van der Waals surface area contributed by atoms with Crippen molar-refractivity contribution in [2.75, 3.05) is 10.4 Å². The van der Waals surface area contributed by atoms with Crippen molar-refractivity contribution >= 4 is 23.4 Å². The molecule has 0 atom stereocenters. The lowest BCUT2D eigenvalue weighted by molar-refractivity contribution is 1.11. The zero-order chi connectivity index (χ0) is 20.4. The molecular formula is C26H22N4. The summed E-state index contributed by atoms with van der Waals surface area (Å²) in [5.41, 5.74) is 6.96. The summed E-state index contributed by atoms with van der Waals surface area (Å²) < 4.78 is 0. The third-order valence-corrected chi connectivity index (χ3v) is 4.42. The van der Waals surface area contributed by atoms with Crippen LogP contribution < -0.4 is 10.4 Å². The summed E-state index contributed by atoms with van der Waals surface area (Å²) in [7, 11) is 0. The van der Waals surface area contributed by atoms with Crippen LogP contribution >= 0.6 is 0 Å². The van der Waals surface area contributed by atoms with Gasteiger partial charge >= 0.3 is 0 Å². The smallest absolute Gasteiger partial charge is 0.181 e. The Kier molecular flexibility index (Phi) is 6.28. The molecule has 0 heterocycles. The lowest BCUT2D eigenvalue weighted by Crippen LogP contribution is -2.28. The van der Waals surface area contributed by atoms with Crippen molar-refractivity contribution in [2.45, 2.75) is 0 Å². The molecule has 0 radical (unpaired) electrons. The third kappa shape index (κ3) is 5.00. The second kappa shape index (κ2) is 9.85. The molecule has 4 rings (SSSR count). The lowest BCUT2D eigenvalue weighted by atomic mass is 10.2. The topological polar surface area (TPSA) is 40.0 Å². The first-order chi connectivity index (χ1) is 14.9. The van der Waals surface area contributed by atoms with Crippen molar-refractivity contribution in [3.05, 3.63) is 132 Å². The Balaban J connectivity index is 1.77. The van der Waals surface area contributed by atoms with E-state index in [4.69, 9.17) is 10.2 Å². The average Bonchev–Trinajstić information content (AvgIpc) is 2.83. The third-order valence-electron chi connectivity index (χ3n) is 4.42. The highest BCUT2D eigenvalue weighted by atomic mass is 15.5. The summed E-state index contributed by atoms with van der Waals surface area (Å²) in [6.45, 7) is 0. The fourth-order valence-electron chi connectivity index (χ4n) is 2.93. The Morgan fingerprint density at radius 2 is 1.17 bits per heavy atom. The van der Waals surface area contributed by atoms with Crippen LogP contribution in [0.2, 0.25) is 0 Å². The van der Waals surface area contributed by atoms with E-state index in [0.717, 1.165) is 22.5 Å². The van der Waals surface area contributed by atoms with E-state index in [0.29, 0.717) is 5.84 Å². The van der Waals surface area contributed by atoms with Crippen molar-refractivity contribution < 1.29 is 0 Å². The van der Waals surface area contributed by atoms with E-state index in [9.17, 15) is 0 Å². The van der Waals surface area contributed by atoms with Gasteiger partial charge in [0.15, 0.2) is 5.84 Å². The maximum atomic E-state index is 4.79.